The molecule has 0 spiro atoms. The maximum atomic E-state index is 13.8. The molecule has 0 radical (unpaired) electrons. The average molecular weight is 500 g/mol. The van der Waals surface area contributed by atoms with Gasteiger partial charge in [-0.3, -0.25) is 4.79 Å². The number of hydrogen-bond acceptors (Lipinski definition) is 6. The van der Waals surface area contributed by atoms with E-state index in [1.165, 1.54) is 19.3 Å². The van der Waals surface area contributed by atoms with Crippen molar-refractivity contribution in [2.45, 2.75) is 57.0 Å². The van der Waals surface area contributed by atoms with Crippen LogP contribution in [0.2, 0.25) is 0 Å². The van der Waals surface area contributed by atoms with Crippen LogP contribution in [0.3, 0.4) is 0 Å². The minimum atomic E-state index is -0.436. The highest BCUT2D eigenvalue weighted by atomic mass is 16.5. The number of hydrogen-bond donors (Lipinski definition) is 3. The highest BCUT2D eigenvalue weighted by Crippen LogP contribution is 2.35. The minimum absolute atomic E-state index is 0.0511. The van der Waals surface area contributed by atoms with Gasteiger partial charge in [0.05, 0.1) is 19.2 Å². The predicted molar refractivity (Wildman–Crippen MR) is 143 cm³/mol. The molecular formula is C28H33N7O2. The van der Waals surface area contributed by atoms with Crippen LogP contribution < -0.4 is 20.7 Å². The largest absolute Gasteiger partial charge is 0.494 e. The monoisotopic (exact) mass is 499 g/mol. The molecule has 2 aromatic heterocycles. The van der Waals surface area contributed by atoms with Crippen LogP contribution in [-0.4, -0.2) is 40.1 Å². The molecule has 3 heterocycles. The summed E-state index contributed by atoms with van der Waals surface area (Å²) in [6.45, 7) is 7.77. The van der Waals surface area contributed by atoms with Crippen LogP contribution in [0, 0.1) is 12.5 Å². The van der Waals surface area contributed by atoms with Gasteiger partial charge in [0.2, 0.25) is 11.9 Å². The number of fused-ring (bicyclic) bond motifs is 1. The van der Waals surface area contributed by atoms with E-state index >= 15 is 0 Å². The fourth-order valence-electron chi connectivity index (χ4n) is 5.28. The number of aromatic nitrogens is 3. The highest BCUT2D eigenvalue weighted by Gasteiger charge is 2.29. The highest BCUT2D eigenvalue weighted by molar-refractivity contribution is 5.85. The van der Waals surface area contributed by atoms with E-state index in [1.54, 1.807) is 19.2 Å². The van der Waals surface area contributed by atoms with E-state index in [1.807, 2.05) is 41.2 Å². The van der Waals surface area contributed by atoms with E-state index in [0.29, 0.717) is 42.1 Å². The second-order valence-corrected chi connectivity index (χ2v) is 9.74. The predicted octanol–water partition coefficient (Wildman–Crippen LogP) is 5.25. The van der Waals surface area contributed by atoms with Gasteiger partial charge in [0.15, 0.2) is 5.69 Å². The zero-order chi connectivity index (χ0) is 25.6. The lowest BCUT2D eigenvalue weighted by Crippen LogP contribution is -2.43. The molecule has 5 rings (SSSR count). The number of benzene rings is 1. The van der Waals surface area contributed by atoms with Crippen LogP contribution in [0.15, 0.2) is 48.8 Å². The summed E-state index contributed by atoms with van der Waals surface area (Å²) < 4.78 is 7.71. The number of amides is 1. The summed E-state index contributed by atoms with van der Waals surface area (Å²) in [7, 11) is 1.78. The first-order valence-electron chi connectivity index (χ1n) is 13.0. The van der Waals surface area contributed by atoms with Crippen molar-refractivity contribution in [2.24, 2.45) is 5.92 Å². The van der Waals surface area contributed by atoms with Crippen molar-refractivity contribution in [1.29, 1.82) is 0 Å². The van der Waals surface area contributed by atoms with Crippen molar-refractivity contribution in [3.05, 3.63) is 65.8 Å². The standard InChI is InChI=1S/C28H33N7O2/c1-29-20-10-11-21-22(12-15-37-24(21)17-20)32-27(36)23(16-19-8-4-3-5-9-19)31-25-18-26(34-28(30-2)33-25)35-13-6-7-14-35/h6-7,10-11,13-14,17-19,22-23H,3-5,8-9,12,15-16H2,2H3,(H,32,36)(H2,30,31,33,34)/t22-,23-/m1/s1. The summed E-state index contributed by atoms with van der Waals surface area (Å²) >= 11 is 0. The van der Waals surface area contributed by atoms with Gasteiger partial charge in [0, 0.05) is 37.5 Å². The molecule has 2 atom stereocenters. The first-order valence-corrected chi connectivity index (χ1v) is 13.0. The quantitative estimate of drug-likeness (QED) is 0.366. The van der Waals surface area contributed by atoms with Crippen LogP contribution >= 0.6 is 0 Å². The van der Waals surface area contributed by atoms with Gasteiger partial charge in [-0.05, 0) is 30.5 Å². The molecule has 3 N–H and O–H groups in total. The molecule has 1 amide bonds. The molecule has 9 heteroatoms. The molecule has 1 aromatic carbocycles. The lowest BCUT2D eigenvalue weighted by molar-refractivity contribution is -0.123. The van der Waals surface area contributed by atoms with Crippen molar-refractivity contribution in [3.63, 3.8) is 0 Å². The number of anilines is 2. The molecule has 3 aromatic rings. The molecule has 9 nitrogen and oxygen atoms in total. The van der Waals surface area contributed by atoms with E-state index in [-0.39, 0.29) is 11.9 Å². The Morgan fingerprint density at radius 1 is 1.16 bits per heavy atom. The summed E-state index contributed by atoms with van der Waals surface area (Å²) in [5.74, 6) is 2.93. The average Bonchev–Trinajstić information content (AvgIpc) is 3.48. The van der Waals surface area contributed by atoms with E-state index in [0.717, 1.165) is 30.6 Å². The van der Waals surface area contributed by atoms with Crippen LogP contribution in [0.4, 0.5) is 17.5 Å². The maximum Gasteiger partial charge on any atom is 0.243 e. The second kappa shape index (κ2) is 11.3. The van der Waals surface area contributed by atoms with Gasteiger partial charge in [-0.2, -0.15) is 9.97 Å². The summed E-state index contributed by atoms with van der Waals surface area (Å²) in [5.41, 5.74) is 1.45. The molecule has 1 fully saturated rings. The summed E-state index contributed by atoms with van der Waals surface area (Å²) in [5, 5.41) is 9.75. The Morgan fingerprint density at radius 3 is 2.73 bits per heavy atom. The van der Waals surface area contributed by atoms with Crippen molar-refractivity contribution < 1.29 is 9.53 Å². The molecule has 1 saturated carbocycles. The Morgan fingerprint density at radius 2 is 1.97 bits per heavy atom. The fraction of sp³-hybridized carbons (Fsp3) is 0.429. The molecular weight excluding hydrogens is 466 g/mol. The molecule has 0 unspecified atom stereocenters. The zero-order valence-corrected chi connectivity index (χ0v) is 21.1. The number of nitrogens with one attached hydrogen (secondary N) is 3. The number of nitrogens with zero attached hydrogens (tertiary/aromatic N) is 4. The minimum Gasteiger partial charge on any atom is -0.494 e. The fourth-order valence-corrected chi connectivity index (χ4v) is 5.28. The first-order chi connectivity index (χ1) is 18.1. The third-order valence-electron chi connectivity index (χ3n) is 7.22. The normalized spacial score (nSPS) is 18.1. The van der Waals surface area contributed by atoms with Crippen molar-refractivity contribution in [3.8, 4) is 11.6 Å². The van der Waals surface area contributed by atoms with Gasteiger partial charge in [-0.25, -0.2) is 4.85 Å². The Kier molecular flexibility index (Phi) is 7.54. The summed E-state index contributed by atoms with van der Waals surface area (Å²) in [4.78, 5) is 26.4. The van der Waals surface area contributed by atoms with Crippen molar-refractivity contribution in [1.82, 2.24) is 19.9 Å². The van der Waals surface area contributed by atoms with Gasteiger partial charge in [-0.1, -0.05) is 44.2 Å². The molecule has 1 aliphatic carbocycles. The Balaban J connectivity index is 1.39. The van der Waals surface area contributed by atoms with Crippen LogP contribution in [0.1, 0.15) is 56.6 Å². The molecule has 37 heavy (non-hydrogen) atoms. The van der Waals surface area contributed by atoms with Gasteiger partial charge < -0.3 is 25.3 Å². The van der Waals surface area contributed by atoms with Gasteiger partial charge in [0.1, 0.15) is 23.4 Å². The summed E-state index contributed by atoms with van der Waals surface area (Å²) in [6.07, 6.45) is 11.3. The van der Waals surface area contributed by atoms with E-state index < -0.39 is 6.04 Å². The molecule has 0 saturated heterocycles. The topological polar surface area (TPSA) is 97.5 Å². The third kappa shape index (κ3) is 5.85. The van der Waals surface area contributed by atoms with E-state index in [2.05, 4.69) is 30.8 Å². The Labute approximate surface area is 217 Å². The van der Waals surface area contributed by atoms with E-state index in [9.17, 15) is 4.79 Å². The molecule has 192 valence electrons. The van der Waals surface area contributed by atoms with Gasteiger partial charge >= 0.3 is 0 Å². The van der Waals surface area contributed by atoms with Gasteiger partial charge in [-0.15, -0.1) is 0 Å². The van der Waals surface area contributed by atoms with Crippen molar-refractivity contribution in [2.75, 3.05) is 24.3 Å². The first kappa shape index (κ1) is 24.6. The Bertz CT molecular complexity index is 1260. The molecule has 0 bridgehead atoms. The van der Waals surface area contributed by atoms with Crippen LogP contribution in [0.25, 0.3) is 10.7 Å². The summed E-state index contributed by atoms with van der Waals surface area (Å²) in [6, 6.07) is 10.6. The third-order valence-corrected chi connectivity index (χ3v) is 7.22. The molecule has 2 aliphatic rings. The smallest absolute Gasteiger partial charge is 0.243 e. The van der Waals surface area contributed by atoms with Crippen LogP contribution in [-0.2, 0) is 4.79 Å². The van der Waals surface area contributed by atoms with Crippen molar-refractivity contribution >= 4 is 23.4 Å². The number of carbonyl (C=O) groups is 1. The SMILES string of the molecule is [C-]#[N+]c1ccc2c(c1)OCC[C@H]2NC(=O)[C@@H](CC1CCCCC1)Nc1cc(-n2cccc2)nc(NC)n1. The Hall–Kier alpha value is -4.06. The zero-order valence-electron chi connectivity index (χ0n) is 21.1. The second-order valence-electron chi connectivity index (χ2n) is 9.74. The van der Waals surface area contributed by atoms with Gasteiger partial charge in [0.25, 0.3) is 0 Å². The molecule has 1 aliphatic heterocycles. The lowest BCUT2D eigenvalue weighted by atomic mass is 9.84. The maximum absolute atomic E-state index is 13.8. The number of rotatable bonds is 8. The van der Waals surface area contributed by atoms with Crippen LogP contribution in [0.5, 0.6) is 5.75 Å². The lowest BCUT2D eigenvalue weighted by Gasteiger charge is -2.31. The van der Waals surface area contributed by atoms with E-state index in [4.69, 9.17) is 11.3 Å². The number of ether oxygens (including phenoxy) is 1. The number of carbonyl (C=O) groups excluding carboxylic acids is 1.